The summed E-state index contributed by atoms with van der Waals surface area (Å²) in [5.74, 6) is 0.219. The maximum atomic E-state index is 12.9. The van der Waals surface area contributed by atoms with Gasteiger partial charge in [0.25, 0.3) is 5.91 Å². The summed E-state index contributed by atoms with van der Waals surface area (Å²) in [6, 6.07) is 5.34. The zero-order valence-electron chi connectivity index (χ0n) is 13.8. The van der Waals surface area contributed by atoms with Crippen LogP contribution < -0.4 is 10.4 Å². The van der Waals surface area contributed by atoms with Gasteiger partial charge in [0.1, 0.15) is 5.56 Å². The Labute approximate surface area is 148 Å². The number of methoxy groups -OCH3 is 1. The van der Waals surface area contributed by atoms with Crippen LogP contribution in [0, 0.1) is 0 Å². The van der Waals surface area contributed by atoms with Gasteiger partial charge in [-0.25, -0.2) is 4.79 Å². The maximum Gasteiger partial charge on any atom is 0.349 e. The van der Waals surface area contributed by atoms with Crippen molar-refractivity contribution in [2.24, 2.45) is 0 Å². The molecule has 2 heterocycles. The molecule has 0 bridgehead atoms. The van der Waals surface area contributed by atoms with Crippen molar-refractivity contribution in [2.45, 2.75) is 38.6 Å². The van der Waals surface area contributed by atoms with Crippen LogP contribution in [-0.4, -0.2) is 30.5 Å². The fourth-order valence-electron chi connectivity index (χ4n) is 3.32. The van der Waals surface area contributed by atoms with E-state index in [4.69, 9.17) is 9.15 Å². The number of piperidine rings is 1. The number of amides is 1. The van der Waals surface area contributed by atoms with E-state index in [-0.39, 0.29) is 17.5 Å². The van der Waals surface area contributed by atoms with Crippen molar-refractivity contribution in [3.05, 3.63) is 38.7 Å². The number of ether oxygens (including phenoxy) is 1. The molecule has 1 aliphatic heterocycles. The number of hydrogen-bond acceptors (Lipinski definition) is 4. The number of carbonyl (C=O) groups excluding carboxylic acids is 1. The molecule has 0 saturated carbocycles. The third kappa shape index (κ3) is 3.07. The van der Waals surface area contributed by atoms with Gasteiger partial charge in [0.2, 0.25) is 0 Å². The number of carbonyl (C=O) groups is 1. The summed E-state index contributed by atoms with van der Waals surface area (Å²) in [6.07, 6.45) is 3.98. The van der Waals surface area contributed by atoms with E-state index in [2.05, 4.69) is 22.9 Å². The molecule has 1 atom stereocenters. The Balaban J connectivity index is 2.07. The number of likely N-dealkylation sites (tertiary alicyclic amines) is 1. The topological polar surface area (TPSA) is 59.8 Å². The smallest absolute Gasteiger partial charge is 0.349 e. The average molecular weight is 394 g/mol. The van der Waals surface area contributed by atoms with Crippen LogP contribution >= 0.6 is 15.9 Å². The summed E-state index contributed by atoms with van der Waals surface area (Å²) in [5.41, 5.74) is -0.176. The molecule has 5 nitrogen and oxygen atoms in total. The van der Waals surface area contributed by atoms with Crippen LogP contribution in [0.5, 0.6) is 5.75 Å². The number of fused-ring (bicyclic) bond motifs is 1. The van der Waals surface area contributed by atoms with Crippen molar-refractivity contribution in [1.29, 1.82) is 0 Å². The summed E-state index contributed by atoms with van der Waals surface area (Å²) in [4.78, 5) is 27.1. The minimum atomic E-state index is -0.617. The highest BCUT2D eigenvalue weighted by Crippen LogP contribution is 2.30. The number of hydrogen-bond donors (Lipinski definition) is 0. The normalized spacial score (nSPS) is 18.0. The SMILES string of the molecule is CC[C@@H]1CCCCN1C(=O)c1cc2cc(Br)cc(OC)c2oc1=O. The van der Waals surface area contributed by atoms with Crippen molar-refractivity contribution < 1.29 is 13.9 Å². The summed E-state index contributed by atoms with van der Waals surface area (Å²) in [6.45, 7) is 2.76. The molecule has 1 amide bonds. The minimum Gasteiger partial charge on any atom is -0.493 e. The van der Waals surface area contributed by atoms with Gasteiger partial charge in [-0.2, -0.15) is 0 Å². The van der Waals surface area contributed by atoms with Gasteiger partial charge in [0, 0.05) is 22.4 Å². The highest BCUT2D eigenvalue weighted by Gasteiger charge is 2.28. The highest BCUT2D eigenvalue weighted by atomic mass is 79.9. The Morgan fingerprint density at radius 3 is 2.88 bits per heavy atom. The van der Waals surface area contributed by atoms with Crippen molar-refractivity contribution >= 4 is 32.8 Å². The van der Waals surface area contributed by atoms with Gasteiger partial charge in [0.15, 0.2) is 11.3 Å². The molecule has 1 aliphatic rings. The fourth-order valence-corrected chi connectivity index (χ4v) is 3.77. The Morgan fingerprint density at radius 1 is 1.38 bits per heavy atom. The molecule has 3 rings (SSSR count). The second-order valence-corrected chi connectivity index (χ2v) is 6.95. The predicted molar refractivity (Wildman–Crippen MR) is 95.7 cm³/mol. The molecule has 1 saturated heterocycles. The molecule has 0 N–H and O–H groups in total. The van der Waals surface area contributed by atoms with E-state index in [1.807, 2.05) is 11.0 Å². The Kier molecular flexibility index (Phi) is 4.94. The number of halogens is 1. The molecule has 2 aromatic rings. The predicted octanol–water partition coefficient (Wildman–Crippen LogP) is 3.97. The molecule has 1 aromatic carbocycles. The summed E-state index contributed by atoms with van der Waals surface area (Å²) in [5, 5.41) is 0.661. The third-order valence-electron chi connectivity index (χ3n) is 4.57. The number of benzene rings is 1. The van der Waals surface area contributed by atoms with E-state index in [9.17, 15) is 9.59 Å². The highest BCUT2D eigenvalue weighted by molar-refractivity contribution is 9.10. The summed E-state index contributed by atoms with van der Waals surface area (Å²) >= 11 is 3.41. The summed E-state index contributed by atoms with van der Waals surface area (Å²) < 4.78 is 11.5. The van der Waals surface area contributed by atoms with Gasteiger partial charge in [-0.3, -0.25) is 4.79 Å². The van der Waals surface area contributed by atoms with Gasteiger partial charge in [-0.15, -0.1) is 0 Å². The molecule has 24 heavy (non-hydrogen) atoms. The second kappa shape index (κ2) is 6.97. The van der Waals surface area contributed by atoms with E-state index in [0.29, 0.717) is 23.3 Å². The van der Waals surface area contributed by atoms with E-state index >= 15 is 0 Å². The molecule has 1 aromatic heterocycles. The first-order chi connectivity index (χ1) is 11.5. The first-order valence-electron chi connectivity index (χ1n) is 8.17. The quantitative estimate of drug-likeness (QED) is 0.740. The van der Waals surface area contributed by atoms with Crippen molar-refractivity contribution in [3.8, 4) is 5.75 Å². The van der Waals surface area contributed by atoms with Crippen LogP contribution in [0.1, 0.15) is 43.0 Å². The second-order valence-electron chi connectivity index (χ2n) is 6.03. The Bertz CT molecular complexity index is 830. The van der Waals surface area contributed by atoms with E-state index < -0.39 is 5.63 Å². The minimum absolute atomic E-state index is 0.0861. The largest absolute Gasteiger partial charge is 0.493 e. The lowest BCUT2D eigenvalue weighted by atomic mass is 9.99. The van der Waals surface area contributed by atoms with Crippen molar-refractivity contribution in [2.75, 3.05) is 13.7 Å². The Morgan fingerprint density at radius 2 is 2.17 bits per heavy atom. The molecule has 1 fully saturated rings. The van der Waals surface area contributed by atoms with Crippen LogP contribution in [-0.2, 0) is 0 Å². The molecular weight excluding hydrogens is 374 g/mol. The zero-order valence-corrected chi connectivity index (χ0v) is 15.4. The van der Waals surface area contributed by atoms with Crippen LogP contribution in [0.4, 0.5) is 0 Å². The number of rotatable bonds is 3. The standard InChI is InChI=1S/C18H20BrNO4/c1-3-13-6-4-5-7-20(13)17(21)14-9-11-8-12(19)10-15(23-2)16(11)24-18(14)22/h8-10,13H,3-7H2,1-2H3/t13-/m1/s1. The lowest BCUT2D eigenvalue weighted by Gasteiger charge is -2.35. The average Bonchev–Trinajstić information content (AvgIpc) is 2.60. The lowest BCUT2D eigenvalue weighted by Crippen LogP contribution is -2.44. The van der Waals surface area contributed by atoms with Gasteiger partial charge in [-0.05, 0) is 43.9 Å². The number of nitrogens with zero attached hydrogens (tertiary/aromatic N) is 1. The Hall–Kier alpha value is -1.82. The van der Waals surface area contributed by atoms with Crippen LogP contribution in [0.3, 0.4) is 0 Å². The van der Waals surface area contributed by atoms with E-state index in [1.54, 1.807) is 12.1 Å². The first kappa shape index (κ1) is 17.0. The van der Waals surface area contributed by atoms with E-state index in [0.717, 1.165) is 30.2 Å². The molecular formula is C18H20BrNO4. The fraction of sp³-hybridized carbons (Fsp3) is 0.444. The zero-order chi connectivity index (χ0) is 17.3. The molecule has 128 valence electrons. The molecule has 0 radical (unpaired) electrons. The van der Waals surface area contributed by atoms with E-state index in [1.165, 1.54) is 7.11 Å². The van der Waals surface area contributed by atoms with Gasteiger partial charge >= 0.3 is 5.63 Å². The molecule has 0 aliphatic carbocycles. The molecule has 0 spiro atoms. The van der Waals surface area contributed by atoms with Crippen molar-refractivity contribution in [1.82, 2.24) is 4.90 Å². The van der Waals surface area contributed by atoms with Gasteiger partial charge < -0.3 is 14.1 Å². The molecule has 6 heteroatoms. The van der Waals surface area contributed by atoms with Gasteiger partial charge in [0.05, 0.1) is 7.11 Å². The monoisotopic (exact) mass is 393 g/mol. The van der Waals surface area contributed by atoms with Gasteiger partial charge in [-0.1, -0.05) is 22.9 Å². The lowest BCUT2D eigenvalue weighted by molar-refractivity contribution is 0.0604. The third-order valence-corrected chi connectivity index (χ3v) is 5.03. The first-order valence-corrected chi connectivity index (χ1v) is 8.96. The summed E-state index contributed by atoms with van der Waals surface area (Å²) in [7, 11) is 1.51. The molecule has 0 unspecified atom stereocenters. The van der Waals surface area contributed by atoms with Crippen LogP contribution in [0.15, 0.2) is 31.9 Å². The van der Waals surface area contributed by atoms with Crippen LogP contribution in [0.25, 0.3) is 11.0 Å². The maximum absolute atomic E-state index is 12.9. The van der Waals surface area contributed by atoms with Crippen molar-refractivity contribution in [3.63, 3.8) is 0 Å². The van der Waals surface area contributed by atoms with Crippen LogP contribution in [0.2, 0.25) is 0 Å².